The zero-order valence-corrected chi connectivity index (χ0v) is 19.5. The molecule has 0 aromatic heterocycles. The first-order valence-corrected chi connectivity index (χ1v) is 16.6. The van der Waals surface area contributed by atoms with Gasteiger partial charge in [0.2, 0.25) is 0 Å². The summed E-state index contributed by atoms with van der Waals surface area (Å²) in [7, 11) is 0. The molecule has 0 unspecified atom stereocenters. The third-order valence-corrected chi connectivity index (χ3v) is 15.2. The van der Waals surface area contributed by atoms with Gasteiger partial charge in [-0.25, -0.2) is 0 Å². The first-order valence-electron chi connectivity index (χ1n) is 9.38. The zero-order valence-electron chi connectivity index (χ0n) is 15.7. The second-order valence-electron chi connectivity index (χ2n) is 7.40. The van der Waals surface area contributed by atoms with Crippen LogP contribution in [0.5, 0.6) is 0 Å². The molecule has 0 aliphatic heterocycles. The summed E-state index contributed by atoms with van der Waals surface area (Å²) in [5, 5.41) is 0. The molecule has 2 rings (SSSR count). The molecule has 0 heterocycles. The Bertz CT molecular complexity index is 565. The van der Waals surface area contributed by atoms with Crippen LogP contribution in [0.3, 0.4) is 0 Å². The van der Waals surface area contributed by atoms with E-state index in [-0.39, 0.29) is 0 Å². The molecule has 25 heavy (non-hydrogen) atoms. The quantitative estimate of drug-likeness (QED) is 0.185. The molecule has 3 heteroatoms. The molecule has 0 amide bonds. The molecule has 0 saturated carbocycles. The predicted molar refractivity (Wildman–Crippen MR) is 129 cm³/mol. The minimum atomic E-state index is -1.70. The van der Waals surface area contributed by atoms with Gasteiger partial charge in [0, 0.05) is 0 Å². The average molecular weight is 486 g/mol. The Hall–Kier alpha value is -0.0500. The Labute approximate surface area is 172 Å². The van der Waals surface area contributed by atoms with Crippen LogP contribution in [-0.2, 0) is 12.8 Å². The number of benzene rings is 2. The third kappa shape index (κ3) is 8.01. The summed E-state index contributed by atoms with van der Waals surface area (Å²) in [5.74, 6) is 2.63. The zero-order chi connectivity index (χ0) is 18.0. The number of hydrogen-bond donors (Lipinski definition) is 0. The number of aryl methyl sites for hydroxylation is 2. The van der Waals surface area contributed by atoms with E-state index in [9.17, 15) is 0 Å². The van der Waals surface area contributed by atoms with E-state index in [1.165, 1.54) is 60.4 Å². The molecule has 0 bridgehead atoms. The summed E-state index contributed by atoms with van der Waals surface area (Å²) >= 11 is 5.08. The number of rotatable bonds is 11. The summed E-state index contributed by atoms with van der Waals surface area (Å²) in [6, 6.07) is 22.1. The van der Waals surface area contributed by atoms with Crippen molar-refractivity contribution in [3.8, 4) is 0 Å². The SMILES string of the molecule is CCCSCCP(C)(I)(CCc1ccccc1)CCc1ccccc1. The fourth-order valence-electron chi connectivity index (χ4n) is 3.07. The summed E-state index contributed by atoms with van der Waals surface area (Å²) in [6.45, 7) is 4.93. The Morgan fingerprint density at radius 1 is 0.760 bits per heavy atom. The first-order chi connectivity index (χ1) is 12.0. The monoisotopic (exact) mass is 486 g/mol. The second kappa shape index (κ2) is 10.3. The standard InChI is InChI=1S/C22H32IPS/c1-3-19-25-20-18-24(2,23,16-14-21-10-6-4-7-11-21)17-15-22-12-8-5-9-13-22/h4-13H,3,14-20H2,1-2H3. The second-order valence-corrected chi connectivity index (χ2v) is 23.3. The van der Waals surface area contributed by atoms with Crippen LogP contribution in [0.1, 0.15) is 24.5 Å². The summed E-state index contributed by atoms with van der Waals surface area (Å²) < 4.78 is -1.70. The molecule has 0 saturated heterocycles. The van der Waals surface area contributed by atoms with Gasteiger partial charge in [0.1, 0.15) is 0 Å². The molecule has 0 aliphatic carbocycles. The Morgan fingerprint density at radius 3 is 1.68 bits per heavy atom. The van der Waals surface area contributed by atoms with E-state index in [1.54, 1.807) is 0 Å². The third-order valence-electron chi connectivity index (χ3n) is 4.94. The molecule has 0 spiro atoms. The van der Waals surface area contributed by atoms with Gasteiger partial charge in [0.05, 0.1) is 0 Å². The van der Waals surface area contributed by atoms with Gasteiger partial charge in [0.15, 0.2) is 0 Å². The molecular formula is C22H32IPS. The van der Waals surface area contributed by atoms with Crippen molar-refractivity contribution < 1.29 is 0 Å². The number of hydrogen-bond acceptors (Lipinski definition) is 1. The first kappa shape index (κ1) is 21.3. The summed E-state index contributed by atoms with van der Waals surface area (Å²) in [4.78, 5) is 0. The van der Waals surface area contributed by atoms with Crippen LogP contribution in [0.2, 0.25) is 0 Å². The van der Waals surface area contributed by atoms with E-state index in [0.29, 0.717) is 0 Å². The van der Waals surface area contributed by atoms with E-state index in [2.05, 4.69) is 108 Å². The van der Waals surface area contributed by atoms with Crippen LogP contribution in [0.15, 0.2) is 60.7 Å². The molecule has 2 aromatic carbocycles. The average Bonchev–Trinajstić information content (AvgIpc) is 2.65. The van der Waals surface area contributed by atoms with Crippen molar-refractivity contribution in [2.24, 2.45) is 0 Å². The van der Waals surface area contributed by atoms with Gasteiger partial charge < -0.3 is 0 Å². The maximum absolute atomic E-state index is 2.93. The Balaban J connectivity index is 2.02. The van der Waals surface area contributed by atoms with Crippen molar-refractivity contribution in [3.05, 3.63) is 71.8 Å². The molecular weight excluding hydrogens is 454 g/mol. The van der Waals surface area contributed by atoms with Crippen LogP contribution < -0.4 is 0 Å². The van der Waals surface area contributed by atoms with Gasteiger partial charge in [-0.1, -0.05) is 0 Å². The molecule has 0 aliphatic rings. The van der Waals surface area contributed by atoms with Crippen molar-refractivity contribution in [1.82, 2.24) is 0 Å². The van der Waals surface area contributed by atoms with Crippen molar-refractivity contribution in [3.63, 3.8) is 0 Å². The van der Waals surface area contributed by atoms with E-state index in [0.717, 1.165) is 0 Å². The van der Waals surface area contributed by atoms with E-state index in [4.69, 9.17) is 0 Å². The topological polar surface area (TPSA) is 0 Å². The van der Waals surface area contributed by atoms with Crippen molar-refractivity contribution in [2.45, 2.75) is 26.2 Å². The number of halogens is 1. The fourth-order valence-corrected chi connectivity index (χ4v) is 11.8. The van der Waals surface area contributed by atoms with Gasteiger partial charge in [-0.3, -0.25) is 0 Å². The number of thioether (sulfide) groups is 1. The van der Waals surface area contributed by atoms with Crippen LogP contribution in [0, 0.1) is 0 Å². The fraction of sp³-hybridized carbons (Fsp3) is 0.455. The van der Waals surface area contributed by atoms with Gasteiger partial charge in [-0.05, 0) is 0 Å². The minimum absolute atomic E-state index is 1.23. The van der Waals surface area contributed by atoms with Crippen LogP contribution in [0.25, 0.3) is 0 Å². The molecule has 0 nitrogen and oxygen atoms in total. The molecule has 0 N–H and O–H groups in total. The van der Waals surface area contributed by atoms with E-state index < -0.39 is 4.25 Å². The van der Waals surface area contributed by atoms with Crippen molar-refractivity contribution >= 4 is 38.0 Å². The van der Waals surface area contributed by atoms with E-state index >= 15 is 0 Å². The summed E-state index contributed by atoms with van der Waals surface area (Å²) in [5.41, 5.74) is 2.99. The van der Waals surface area contributed by atoms with Gasteiger partial charge >= 0.3 is 173 Å². The van der Waals surface area contributed by atoms with Gasteiger partial charge in [0.25, 0.3) is 0 Å². The Morgan fingerprint density at radius 2 is 1.24 bits per heavy atom. The molecule has 138 valence electrons. The van der Waals surface area contributed by atoms with Gasteiger partial charge in [-0.15, -0.1) is 0 Å². The molecule has 0 fully saturated rings. The van der Waals surface area contributed by atoms with Crippen LogP contribution in [0.4, 0.5) is 0 Å². The molecule has 0 atom stereocenters. The van der Waals surface area contributed by atoms with Crippen LogP contribution >= 0.6 is 38.0 Å². The maximum atomic E-state index is 2.93. The Kier molecular flexibility index (Phi) is 8.78. The van der Waals surface area contributed by atoms with E-state index in [1.807, 2.05) is 0 Å². The molecule has 0 radical (unpaired) electrons. The van der Waals surface area contributed by atoms with Crippen LogP contribution in [-0.4, -0.2) is 36.7 Å². The summed E-state index contributed by atoms with van der Waals surface area (Å²) in [6.07, 6.45) is 7.90. The van der Waals surface area contributed by atoms with Crippen molar-refractivity contribution in [1.29, 1.82) is 0 Å². The van der Waals surface area contributed by atoms with Gasteiger partial charge in [-0.2, -0.15) is 0 Å². The molecule has 2 aromatic rings. The normalized spacial score (nSPS) is 13.3. The van der Waals surface area contributed by atoms with Crippen molar-refractivity contribution in [2.75, 3.05) is 36.7 Å². The predicted octanol–water partition coefficient (Wildman–Crippen LogP) is 7.15.